The van der Waals surface area contributed by atoms with Crippen LogP contribution in [0.5, 0.6) is 0 Å². The molecule has 0 aliphatic heterocycles. The van der Waals surface area contributed by atoms with Crippen LogP contribution in [0.4, 0.5) is 18.0 Å². The second-order valence-electron chi connectivity index (χ2n) is 3.91. The lowest BCUT2D eigenvalue weighted by molar-refractivity contribution is -0.148. The maximum absolute atomic E-state index is 12.2. The number of carbonyl (C=O) groups is 2. The molecule has 0 fully saturated rings. The van der Waals surface area contributed by atoms with Gasteiger partial charge in [-0.25, -0.2) is 17.9 Å². The highest BCUT2D eigenvalue weighted by atomic mass is 32.2. The summed E-state index contributed by atoms with van der Waals surface area (Å²) in [7, 11) is -3.63. The Balaban J connectivity index is 4.51. The average molecular weight is 335 g/mol. The van der Waals surface area contributed by atoms with Gasteiger partial charge in [-0.15, -0.1) is 0 Å². The molecule has 0 unspecified atom stereocenters. The van der Waals surface area contributed by atoms with Crippen LogP contribution < -0.4 is 10.0 Å². The fourth-order valence-corrected chi connectivity index (χ4v) is 2.23. The van der Waals surface area contributed by atoms with E-state index >= 15 is 0 Å². The van der Waals surface area contributed by atoms with E-state index in [0.717, 1.165) is 0 Å². The molecule has 0 heterocycles. The van der Waals surface area contributed by atoms with Gasteiger partial charge >= 0.3 is 18.2 Å². The maximum atomic E-state index is 12.2. The van der Waals surface area contributed by atoms with Crippen molar-refractivity contribution in [2.45, 2.75) is 13.1 Å². The number of hydrogen-bond donors (Lipinski definition) is 3. The summed E-state index contributed by atoms with van der Waals surface area (Å²) in [6.45, 7) is -1.66. The first-order valence-corrected chi connectivity index (χ1v) is 7.40. The van der Waals surface area contributed by atoms with Crippen LogP contribution in [0.15, 0.2) is 0 Å². The number of nitrogens with one attached hydrogen (secondary N) is 2. The topological polar surface area (TPSA) is 116 Å². The number of sulfonamides is 1. The van der Waals surface area contributed by atoms with Crippen LogP contribution in [-0.2, 0) is 14.8 Å². The monoisotopic (exact) mass is 335 g/mol. The van der Waals surface area contributed by atoms with Gasteiger partial charge in [0.15, 0.2) is 0 Å². The van der Waals surface area contributed by atoms with Crippen molar-refractivity contribution in [3.05, 3.63) is 0 Å². The largest absolute Gasteiger partial charge is 0.480 e. The van der Waals surface area contributed by atoms with Crippen LogP contribution >= 0.6 is 0 Å². The van der Waals surface area contributed by atoms with Gasteiger partial charge in [0.1, 0.15) is 13.1 Å². The highest BCUT2D eigenvalue weighted by Gasteiger charge is 2.34. The summed E-state index contributed by atoms with van der Waals surface area (Å²) in [5.41, 5.74) is 0. The van der Waals surface area contributed by atoms with E-state index < -0.39 is 53.6 Å². The van der Waals surface area contributed by atoms with Gasteiger partial charge in [0, 0.05) is 13.1 Å². The summed E-state index contributed by atoms with van der Waals surface area (Å²) in [4.78, 5) is 21.9. The predicted molar refractivity (Wildman–Crippen MR) is 66.1 cm³/mol. The van der Waals surface area contributed by atoms with Gasteiger partial charge in [-0.3, -0.25) is 4.79 Å². The van der Waals surface area contributed by atoms with E-state index in [2.05, 4.69) is 4.72 Å². The van der Waals surface area contributed by atoms with Gasteiger partial charge in [0.05, 0.1) is 5.75 Å². The first kappa shape index (κ1) is 19.4. The highest BCUT2D eigenvalue weighted by molar-refractivity contribution is 7.89. The molecule has 3 N–H and O–H groups in total. The second kappa shape index (κ2) is 8.02. The molecule has 0 aliphatic carbocycles. The Morgan fingerprint density at radius 1 is 1.29 bits per heavy atom. The molecular weight excluding hydrogens is 319 g/mol. The van der Waals surface area contributed by atoms with Crippen molar-refractivity contribution in [3.63, 3.8) is 0 Å². The molecule has 0 bridgehead atoms. The minimum absolute atomic E-state index is 0.0300. The normalized spacial score (nSPS) is 12.0. The summed E-state index contributed by atoms with van der Waals surface area (Å²) in [6, 6.07) is -1.30. The number of aliphatic carboxylic acids is 1. The number of carbonyl (C=O) groups excluding carboxylic acids is 1. The van der Waals surface area contributed by atoms with Gasteiger partial charge in [-0.05, 0) is 0 Å². The van der Waals surface area contributed by atoms with E-state index in [-0.39, 0.29) is 11.4 Å². The van der Waals surface area contributed by atoms with Crippen LogP contribution in [0.2, 0.25) is 0 Å². The Hall–Kier alpha value is -1.56. The third-order valence-electron chi connectivity index (χ3n) is 1.99. The third-order valence-corrected chi connectivity index (χ3v) is 3.46. The SMILES string of the molecule is CCNS(=O)(=O)CCNC(=O)N(CC(=O)O)CC(F)(F)F. The zero-order chi connectivity index (χ0) is 16.7. The molecule has 8 nitrogen and oxygen atoms in total. The summed E-state index contributed by atoms with van der Waals surface area (Å²) in [6.07, 6.45) is -4.76. The number of rotatable bonds is 8. The molecule has 0 saturated heterocycles. The first-order chi connectivity index (χ1) is 9.47. The van der Waals surface area contributed by atoms with E-state index in [1.807, 2.05) is 5.32 Å². The lowest BCUT2D eigenvalue weighted by Crippen LogP contribution is -2.48. The molecule has 0 spiro atoms. The Bertz CT molecular complexity index is 466. The van der Waals surface area contributed by atoms with Crippen molar-refractivity contribution in [2.75, 3.05) is 31.9 Å². The second-order valence-corrected chi connectivity index (χ2v) is 5.84. The predicted octanol–water partition coefficient (Wildman–Crippen LogP) is -0.416. The van der Waals surface area contributed by atoms with Crippen molar-refractivity contribution >= 4 is 22.0 Å². The van der Waals surface area contributed by atoms with Crippen LogP contribution in [0.1, 0.15) is 6.92 Å². The minimum atomic E-state index is -4.76. The lowest BCUT2D eigenvalue weighted by atomic mass is 10.4. The Morgan fingerprint density at radius 2 is 1.86 bits per heavy atom. The fraction of sp³-hybridized carbons (Fsp3) is 0.778. The minimum Gasteiger partial charge on any atom is -0.480 e. The molecule has 124 valence electrons. The number of carboxylic acid groups (broad SMARTS) is 1. The number of carboxylic acids is 1. The van der Waals surface area contributed by atoms with Gasteiger partial charge in [0.2, 0.25) is 10.0 Å². The van der Waals surface area contributed by atoms with E-state index in [9.17, 15) is 31.2 Å². The average Bonchev–Trinajstić information content (AvgIpc) is 2.24. The van der Waals surface area contributed by atoms with Gasteiger partial charge < -0.3 is 15.3 Å². The number of nitrogens with zero attached hydrogens (tertiary/aromatic N) is 1. The van der Waals surface area contributed by atoms with E-state index in [1.165, 1.54) is 6.92 Å². The standard InChI is InChI=1S/C9H16F3N3O5S/c1-2-14-21(19,20)4-3-13-8(18)15(5-7(16)17)6-9(10,11)12/h14H,2-6H2,1H3,(H,13,18)(H,16,17). The van der Waals surface area contributed by atoms with Crippen molar-refractivity contribution in [2.24, 2.45) is 0 Å². The quantitative estimate of drug-likeness (QED) is 0.557. The van der Waals surface area contributed by atoms with Crippen LogP contribution in [0.3, 0.4) is 0 Å². The third kappa shape index (κ3) is 9.90. The highest BCUT2D eigenvalue weighted by Crippen LogP contribution is 2.16. The summed E-state index contributed by atoms with van der Waals surface area (Å²) < 4.78 is 61.2. The van der Waals surface area contributed by atoms with Crippen LogP contribution in [0.25, 0.3) is 0 Å². The zero-order valence-corrected chi connectivity index (χ0v) is 11.9. The zero-order valence-electron chi connectivity index (χ0n) is 11.1. The summed E-state index contributed by atoms with van der Waals surface area (Å²) in [5, 5.41) is 10.4. The number of urea groups is 1. The Labute approximate surface area is 119 Å². The fourth-order valence-electron chi connectivity index (χ4n) is 1.28. The molecule has 2 amide bonds. The van der Waals surface area contributed by atoms with Gasteiger partial charge in [-0.2, -0.15) is 13.2 Å². The summed E-state index contributed by atoms with van der Waals surface area (Å²) >= 11 is 0. The molecule has 0 aliphatic rings. The van der Waals surface area contributed by atoms with Gasteiger partial charge in [0.25, 0.3) is 0 Å². The molecule has 0 aromatic rings. The maximum Gasteiger partial charge on any atom is 0.406 e. The molecule has 0 radical (unpaired) electrons. The van der Waals surface area contributed by atoms with E-state index in [1.54, 1.807) is 0 Å². The Morgan fingerprint density at radius 3 is 2.29 bits per heavy atom. The van der Waals surface area contributed by atoms with E-state index in [4.69, 9.17) is 5.11 Å². The number of halogens is 3. The number of hydrogen-bond acceptors (Lipinski definition) is 4. The molecular formula is C9H16F3N3O5S. The molecule has 21 heavy (non-hydrogen) atoms. The first-order valence-electron chi connectivity index (χ1n) is 5.75. The molecule has 0 saturated carbocycles. The molecule has 12 heteroatoms. The van der Waals surface area contributed by atoms with E-state index in [0.29, 0.717) is 0 Å². The van der Waals surface area contributed by atoms with Crippen LogP contribution in [0, 0.1) is 0 Å². The van der Waals surface area contributed by atoms with Crippen molar-refractivity contribution in [1.82, 2.24) is 14.9 Å². The Kier molecular flexibility index (Phi) is 7.43. The molecule has 0 aromatic carbocycles. The number of alkyl halides is 3. The number of amides is 2. The molecule has 0 aromatic heterocycles. The van der Waals surface area contributed by atoms with Crippen molar-refractivity contribution in [3.8, 4) is 0 Å². The lowest BCUT2D eigenvalue weighted by Gasteiger charge is -2.22. The van der Waals surface area contributed by atoms with Gasteiger partial charge in [-0.1, -0.05) is 6.92 Å². The van der Waals surface area contributed by atoms with Crippen LogP contribution in [-0.4, -0.2) is 68.5 Å². The van der Waals surface area contributed by atoms with Crippen molar-refractivity contribution in [1.29, 1.82) is 0 Å². The smallest absolute Gasteiger partial charge is 0.406 e. The summed E-state index contributed by atoms with van der Waals surface area (Å²) in [5.74, 6) is -2.14. The van der Waals surface area contributed by atoms with Crippen molar-refractivity contribution < 1.29 is 36.3 Å². The molecule has 0 rings (SSSR count). The molecule has 0 atom stereocenters.